The van der Waals surface area contributed by atoms with Crippen molar-refractivity contribution in [2.75, 3.05) is 5.32 Å². The topological polar surface area (TPSA) is 80.6 Å². The second-order valence-electron chi connectivity index (χ2n) is 6.89. The van der Waals surface area contributed by atoms with Crippen LogP contribution in [0.15, 0.2) is 30.5 Å². The van der Waals surface area contributed by atoms with E-state index < -0.39 is 12.1 Å². The van der Waals surface area contributed by atoms with E-state index in [1.165, 1.54) is 19.3 Å². The van der Waals surface area contributed by atoms with Crippen LogP contribution in [0.4, 0.5) is 5.69 Å². The highest BCUT2D eigenvalue weighted by Crippen LogP contribution is 2.24. The van der Waals surface area contributed by atoms with Crippen LogP contribution in [0.1, 0.15) is 45.4 Å². The molecule has 0 saturated heterocycles. The number of carbonyl (C=O) groups is 2. The molecule has 0 spiro atoms. The van der Waals surface area contributed by atoms with Crippen LogP contribution in [0.25, 0.3) is 10.9 Å². The second kappa shape index (κ2) is 8.36. The maximum Gasteiger partial charge on any atom is 0.323 e. The Morgan fingerprint density at radius 3 is 2.73 bits per heavy atom. The van der Waals surface area contributed by atoms with E-state index in [2.05, 4.69) is 5.32 Å². The molecule has 1 aliphatic carbocycles. The maximum atomic E-state index is 12.6. The highest BCUT2D eigenvalue weighted by Gasteiger charge is 2.23. The van der Waals surface area contributed by atoms with Crippen molar-refractivity contribution in [3.05, 3.63) is 30.5 Å². The number of carbonyl (C=O) groups excluding carboxylic acids is 1. The number of benzene rings is 1. The molecule has 1 aromatic heterocycles. The summed E-state index contributed by atoms with van der Waals surface area (Å²) in [6.45, 7) is 1.88. The summed E-state index contributed by atoms with van der Waals surface area (Å²) < 4.78 is 7.70. The third-order valence-corrected chi connectivity index (χ3v) is 4.92. The molecular formula is C20H26N2O4. The van der Waals surface area contributed by atoms with Crippen molar-refractivity contribution in [1.29, 1.82) is 0 Å². The molecule has 1 aromatic carbocycles. The highest BCUT2D eigenvalue weighted by atomic mass is 16.5. The zero-order valence-electron chi connectivity index (χ0n) is 15.1. The van der Waals surface area contributed by atoms with Crippen LogP contribution >= 0.6 is 0 Å². The predicted octanol–water partition coefficient (Wildman–Crippen LogP) is 3.79. The third kappa shape index (κ3) is 4.43. The minimum Gasteiger partial charge on any atom is -0.480 e. The van der Waals surface area contributed by atoms with Gasteiger partial charge < -0.3 is 19.7 Å². The molecule has 140 valence electrons. The first-order valence-electron chi connectivity index (χ1n) is 9.34. The number of hydrogen-bond acceptors (Lipinski definition) is 3. The van der Waals surface area contributed by atoms with E-state index in [9.17, 15) is 9.59 Å². The molecule has 2 N–H and O–H groups in total. The first-order chi connectivity index (χ1) is 12.6. The van der Waals surface area contributed by atoms with Gasteiger partial charge in [-0.1, -0.05) is 26.2 Å². The number of rotatable bonds is 7. The van der Waals surface area contributed by atoms with E-state index in [0.29, 0.717) is 12.1 Å². The molecule has 1 saturated carbocycles. The van der Waals surface area contributed by atoms with Gasteiger partial charge in [0, 0.05) is 22.8 Å². The number of aliphatic carboxylic acids is 1. The van der Waals surface area contributed by atoms with Crippen molar-refractivity contribution < 1.29 is 19.4 Å². The summed E-state index contributed by atoms with van der Waals surface area (Å²) in [6.07, 6.45) is 7.80. The first kappa shape index (κ1) is 18.5. The van der Waals surface area contributed by atoms with E-state index in [4.69, 9.17) is 9.84 Å². The molecule has 0 radical (unpaired) electrons. The van der Waals surface area contributed by atoms with Gasteiger partial charge in [0.15, 0.2) is 0 Å². The molecule has 0 aliphatic heterocycles. The van der Waals surface area contributed by atoms with Crippen molar-refractivity contribution in [3.8, 4) is 0 Å². The molecule has 6 nitrogen and oxygen atoms in total. The fourth-order valence-electron chi connectivity index (χ4n) is 3.56. The van der Waals surface area contributed by atoms with E-state index in [-0.39, 0.29) is 18.6 Å². The average molecular weight is 358 g/mol. The van der Waals surface area contributed by atoms with Crippen molar-refractivity contribution in [2.45, 2.75) is 64.2 Å². The number of nitrogens with one attached hydrogen (secondary N) is 1. The lowest BCUT2D eigenvalue weighted by molar-refractivity contribution is -0.137. The number of hydrogen-bond donors (Lipinski definition) is 2. The van der Waals surface area contributed by atoms with Gasteiger partial charge >= 0.3 is 5.97 Å². The van der Waals surface area contributed by atoms with E-state index in [1.54, 1.807) is 16.8 Å². The molecular weight excluding hydrogens is 332 g/mol. The Hall–Kier alpha value is -2.34. The van der Waals surface area contributed by atoms with Crippen LogP contribution in [-0.2, 0) is 20.9 Å². The number of ether oxygens (including phenoxy) is 1. The van der Waals surface area contributed by atoms with Gasteiger partial charge in [-0.25, -0.2) is 0 Å². The second-order valence-corrected chi connectivity index (χ2v) is 6.89. The number of amides is 1. The van der Waals surface area contributed by atoms with Crippen LogP contribution in [0.2, 0.25) is 0 Å². The Labute approximate surface area is 153 Å². The molecule has 1 aliphatic rings. The van der Waals surface area contributed by atoms with Crippen molar-refractivity contribution in [2.24, 2.45) is 0 Å². The Bertz CT molecular complexity index is 777. The van der Waals surface area contributed by atoms with Crippen LogP contribution in [-0.4, -0.2) is 33.8 Å². The molecule has 1 fully saturated rings. The van der Waals surface area contributed by atoms with Gasteiger partial charge in [-0.05, 0) is 43.5 Å². The van der Waals surface area contributed by atoms with Crippen LogP contribution < -0.4 is 5.32 Å². The molecule has 26 heavy (non-hydrogen) atoms. The summed E-state index contributed by atoms with van der Waals surface area (Å²) in [4.78, 5) is 23.5. The largest absolute Gasteiger partial charge is 0.480 e. The third-order valence-electron chi connectivity index (χ3n) is 4.92. The molecule has 1 amide bonds. The van der Waals surface area contributed by atoms with Gasteiger partial charge in [0.1, 0.15) is 12.6 Å². The molecule has 1 heterocycles. The van der Waals surface area contributed by atoms with Gasteiger partial charge in [-0.3, -0.25) is 9.59 Å². The standard InChI is InChI=1S/C20H26N2O4/c1-2-18(26-16-6-4-3-5-7-16)20(25)21-15-8-9-17-14(12-15)10-11-22(17)13-19(23)24/h8-12,16,18H,2-7,13H2,1H3,(H,21,25)(H,23,24). The number of carboxylic acids is 1. The van der Waals surface area contributed by atoms with Crippen LogP contribution in [0.5, 0.6) is 0 Å². The minimum absolute atomic E-state index is 0.0810. The van der Waals surface area contributed by atoms with E-state index in [1.807, 2.05) is 25.1 Å². The van der Waals surface area contributed by atoms with Gasteiger partial charge in [0.2, 0.25) is 0 Å². The van der Waals surface area contributed by atoms with Crippen molar-refractivity contribution >= 4 is 28.5 Å². The number of nitrogens with zero attached hydrogens (tertiary/aromatic N) is 1. The summed E-state index contributed by atoms with van der Waals surface area (Å²) in [5.74, 6) is -1.01. The lowest BCUT2D eigenvalue weighted by atomic mass is 9.97. The minimum atomic E-state index is -0.884. The fraction of sp³-hybridized carbons (Fsp3) is 0.500. The number of aromatic nitrogens is 1. The van der Waals surface area contributed by atoms with E-state index >= 15 is 0 Å². The first-order valence-corrected chi connectivity index (χ1v) is 9.34. The average Bonchev–Trinajstić information content (AvgIpc) is 3.02. The Balaban J connectivity index is 1.66. The Kier molecular flexibility index (Phi) is 5.93. The van der Waals surface area contributed by atoms with Crippen molar-refractivity contribution in [3.63, 3.8) is 0 Å². The molecule has 3 rings (SSSR count). The molecule has 1 atom stereocenters. The Morgan fingerprint density at radius 1 is 1.27 bits per heavy atom. The van der Waals surface area contributed by atoms with Crippen LogP contribution in [0.3, 0.4) is 0 Å². The SMILES string of the molecule is CCC(OC1CCCCC1)C(=O)Nc1ccc2c(ccn2CC(=O)O)c1. The van der Waals surface area contributed by atoms with Crippen LogP contribution in [0, 0.1) is 0 Å². The summed E-state index contributed by atoms with van der Waals surface area (Å²) in [5, 5.41) is 12.8. The maximum absolute atomic E-state index is 12.6. The molecule has 6 heteroatoms. The fourth-order valence-corrected chi connectivity index (χ4v) is 3.56. The van der Waals surface area contributed by atoms with Gasteiger partial charge in [-0.15, -0.1) is 0 Å². The number of anilines is 1. The predicted molar refractivity (Wildman–Crippen MR) is 100 cm³/mol. The number of carboxylic acid groups (broad SMARTS) is 1. The molecule has 0 bridgehead atoms. The normalized spacial score (nSPS) is 16.5. The summed E-state index contributed by atoms with van der Waals surface area (Å²) in [5.41, 5.74) is 1.53. The summed E-state index contributed by atoms with van der Waals surface area (Å²) in [6, 6.07) is 7.34. The van der Waals surface area contributed by atoms with Gasteiger partial charge in [0.05, 0.1) is 6.10 Å². The zero-order chi connectivity index (χ0) is 18.5. The zero-order valence-corrected chi connectivity index (χ0v) is 15.1. The highest BCUT2D eigenvalue weighted by molar-refractivity contribution is 5.96. The lowest BCUT2D eigenvalue weighted by Gasteiger charge is -2.26. The molecule has 1 unspecified atom stereocenters. The van der Waals surface area contributed by atoms with E-state index in [0.717, 1.165) is 23.7 Å². The van der Waals surface area contributed by atoms with Gasteiger partial charge in [-0.2, -0.15) is 0 Å². The molecule has 2 aromatic rings. The lowest BCUT2D eigenvalue weighted by Crippen LogP contribution is -2.34. The monoisotopic (exact) mass is 358 g/mol. The smallest absolute Gasteiger partial charge is 0.323 e. The number of fused-ring (bicyclic) bond motifs is 1. The van der Waals surface area contributed by atoms with Crippen molar-refractivity contribution in [1.82, 2.24) is 4.57 Å². The Morgan fingerprint density at radius 2 is 2.04 bits per heavy atom. The quantitative estimate of drug-likeness (QED) is 0.789. The summed E-state index contributed by atoms with van der Waals surface area (Å²) >= 11 is 0. The van der Waals surface area contributed by atoms with Gasteiger partial charge in [0.25, 0.3) is 5.91 Å². The summed E-state index contributed by atoms with van der Waals surface area (Å²) in [7, 11) is 0.